The van der Waals surface area contributed by atoms with E-state index in [1.54, 1.807) is 0 Å². The molecular formula is C12H16Br2O. The van der Waals surface area contributed by atoms with Crippen molar-refractivity contribution in [1.29, 1.82) is 0 Å². The average Bonchev–Trinajstić information content (AvgIpc) is 2.24. The van der Waals surface area contributed by atoms with Crippen LogP contribution in [0.3, 0.4) is 0 Å². The van der Waals surface area contributed by atoms with E-state index >= 15 is 0 Å². The lowest BCUT2D eigenvalue weighted by atomic mass is 10.2. The molecule has 84 valence electrons. The molecule has 0 aliphatic carbocycles. The zero-order chi connectivity index (χ0) is 11.1. The smallest absolute Gasteiger partial charge is 0.134 e. The van der Waals surface area contributed by atoms with E-state index in [0.29, 0.717) is 0 Å². The largest absolute Gasteiger partial charge is 0.492 e. The van der Waals surface area contributed by atoms with Crippen LogP contribution >= 0.6 is 31.9 Å². The average molecular weight is 336 g/mol. The first kappa shape index (κ1) is 13.0. The van der Waals surface area contributed by atoms with Crippen LogP contribution in [0.15, 0.2) is 27.1 Å². The molecular weight excluding hydrogens is 320 g/mol. The Kier molecular flexibility index (Phi) is 6.34. The Labute approximate surface area is 108 Å². The van der Waals surface area contributed by atoms with Gasteiger partial charge in [0, 0.05) is 4.47 Å². The van der Waals surface area contributed by atoms with Crippen LogP contribution in [0.5, 0.6) is 5.75 Å². The van der Waals surface area contributed by atoms with Gasteiger partial charge < -0.3 is 4.74 Å². The SMILES string of the molecule is CCCCCCOc1cccc(Br)c1Br. The number of ether oxygens (including phenoxy) is 1. The van der Waals surface area contributed by atoms with Gasteiger partial charge in [0.2, 0.25) is 0 Å². The first-order valence-corrected chi connectivity index (χ1v) is 6.91. The highest BCUT2D eigenvalue weighted by atomic mass is 79.9. The lowest BCUT2D eigenvalue weighted by Crippen LogP contribution is -1.97. The number of hydrogen-bond donors (Lipinski definition) is 0. The highest BCUT2D eigenvalue weighted by molar-refractivity contribution is 9.13. The predicted octanol–water partition coefficient (Wildman–Crippen LogP) is 5.17. The summed E-state index contributed by atoms with van der Waals surface area (Å²) in [5.74, 6) is 0.917. The minimum absolute atomic E-state index is 0.801. The van der Waals surface area contributed by atoms with Gasteiger partial charge in [-0.3, -0.25) is 0 Å². The third-order valence-corrected chi connectivity index (χ3v) is 4.18. The number of halogens is 2. The molecule has 15 heavy (non-hydrogen) atoms. The van der Waals surface area contributed by atoms with E-state index in [0.717, 1.165) is 27.7 Å². The van der Waals surface area contributed by atoms with Gasteiger partial charge in [-0.2, -0.15) is 0 Å². The Morgan fingerprint density at radius 1 is 1.13 bits per heavy atom. The fourth-order valence-corrected chi connectivity index (χ4v) is 2.03. The minimum Gasteiger partial charge on any atom is -0.492 e. The van der Waals surface area contributed by atoms with E-state index < -0.39 is 0 Å². The molecule has 3 heteroatoms. The molecule has 0 aliphatic rings. The Hall–Kier alpha value is -0.0200. The molecule has 0 unspecified atom stereocenters. The van der Waals surface area contributed by atoms with Crippen LogP contribution in [0.4, 0.5) is 0 Å². The monoisotopic (exact) mass is 334 g/mol. The molecule has 0 saturated carbocycles. The van der Waals surface area contributed by atoms with Crippen LogP contribution in [0.25, 0.3) is 0 Å². The standard InChI is InChI=1S/C12H16Br2O/c1-2-3-4-5-9-15-11-8-6-7-10(13)12(11)14/h6-8H,2-5,9H2,1H3. The number of hydrogen-bond acceptors (Lipinski definition) is 1. The Morgan fingerprint density at radius 3 is 2.67 bits per heavy atom. The summed E-state index contributed by atoms with van der Waals surface area (Å²) >= 11 is 6.94. The summed E-state index contributed by atoms with van der Waals surface area (Å²) in [5, 5.41) is 0. The lowest BCUT2D eigenvalue weighted by Gasteiger charge is -2.08. The van der Waals surface area contributed by atoms with Crippen LogP contribution in [-0.2, 0) is 0 Å². The molecule has 0 radical (unpaired) electrons. The molecule has 1 nitrogen and oxygen atoms in total. The first-order valence-electron chi connectivity index (χ1n) is 5.32. The molecule has 0 aliphatic heterocycles. The van der Waals surface area contributed by atoms with E-state index in [9.17, 15) is 0 Å². The van der Waals surface area contributed by atoms with Crippen molar-refractivity contribution >= 4 is 31.9 Å². The molecule has 1 rings (SSSR count). The summed E-state index contributed by atoms with van der Waals surface area (Å²) in [6.07, 6.45) is 4.94. The molecule has 0 heterocycles. The van der Waals surface area contributed by atoms with Crippen LogP contribution < -0.4 is 4.74 Å². The van der Waals surface area contributed by atoms with Gasteiger partial charge in [-0.15, -0.1) is 0 Å². The third-order valence-electron chi connectivity index (χ3n) is 2.17. The zero-order valence-corrected chi connectivity index (χ0v) is 12.1. The van der Waals surface area contributed by atoms with Crippen LogP contribution in [-0.4, -0.2) is 6.61 Å². The van der Waals surface area contributed by atoms with Crippen LogP contribution in [0.1, 0.15) is 32.6 Å². The molecule has 0 aromatic heterocycles. The molecule has 0 bridgehead atoms. The Morgan fingerprint density at radius 2 is 1.93 bits per heavy atom. The minimum atomic E-state index is 0.801. The first-order chi connectivity index (χ1) is 7.25. The molecule has 0 atom stereocenters. The van der Waals surface area contributed by atoms with Gasteiger partial charge in [-0.05, 0) is 50.4 Å². The van der Waals surface area contributed by atoms with Gasteiger partial charge in [-0.25, -0.2) is 0 Å². The summed E-state index contributed by atoms with van der Waals surface area (Å²) in [5.41, 5.74) is 0. The second-order valence-corrected chi connectivity index (χ2v) is 5.11. The molecule has 0 N–H and O–H groups in total. The molecule has 0 amide bonds. The molecule has 0 spiro atoms. The number of benzene rings is 1. The van der Waals surface area contributed by atoms with Gasteiger partial charge in [-0.1, -0.05) is 32.3 Å². The fraction of sp³-hybridized carbons (Fsp3) is 0.500. The predicted molar refractivity (Wildman–Crippen MR) is 71.5 cm³/mol. The number of unbranched alkanes of at least 4 members (excludes halogenated alkanes) is 3. The van der Waals surface area contributed by atoms with E-state index in [1.165, 1.54) is 19.3 Å². The topological polar surface area (TPSA) is 9.23 Å². The van der Waals surface area contributed by atoms with Crippen molar-refractivity contribution in [2.24, 2.45) is 0 Å². The Bertz CT molecular complexity index is 300. The van der Waals surface area contributed by atoms with Crippen molar-refractivity contribution < 1.29 is 4.74 Å². The highest BCUT2D eigenvalue weighted by Crippen LogP contribution is 2.32. The second-order valence-electron chi connectivity index (χ2n) is 3.46. The van der Waals surface area contributed by atoms with Gasteiger partial charge in [0.1, 0.15) is 5.75 Å². The van der Waals surface area contributed by atoms with Crippen molar-refractivity contribution in [3.05, 3.63) is 27.1 Å². The second kappa shape index (κ2) is 7.29. The maximum Gasteiger partial charge on any atom is 0.134 e. The molecule has 0 fully saturated rings. The summed E-state index contributed by atoms with van der Waals surface area (Å²) < 4.78 is 7.72. The highest BCUT2D eigenvalue weighted by Gasteiger charge is 2.03. The molecule has 0 saturated heterocycles. The Balaban J connectivity index is 2.34. The fourth-order valence-electron chi connectivity index (χ4n) is 1.31. The summed E-state index contributed by atoms with van der Waals surface area (Å²) in [6, 6.07) is 5.96. The van der Waals surface area contributed by atoms with E-state index in [2.05, 4.69) is 38.8 Å². The van der Waals surface area contributed by atoms with Gasteiger partial charge in [0.05, 0.1) is 11.1 Å². The summed E-state index contributed by atoms with van der Waals surface area (Å²) in [7, 11) is 0. The normalized spacial score (nSPS) is 10.3. The van der Waals surface area contributed by atoms with Crippen molar-refractivity contribution in [2.45, 2.75) is 32.6 Å². The molecule has 1 aromatic carbocycles. The molecule has 1 aromatic rings. The van der Waals surface area contributed by atoms with Crippen molar-refractivity contribution in [2.75, 3.05) is 6.61 Å². The maximum atomic E-state index is 5.69. The lowest BCUT2D eigenvalue weighted by molar-refractivity contribution is 0.303. The van der Waals surface area contributed by atoms with Crippen LogP contribution in [0, 0.1) is 0 Å². The van der Waals surface area contributed by atoms with Crippen molar-refractivity contribution in [3.8, 4) is 5.75 Å². The zero-order valence-electron chi connectivity index (χ0n) is 8.93. The van der Waals surface area contributed by atoms with E-state index in [1.807, 2.05) is 18.2 Å². The number of rotatable bonds is 6. The quantitative estimate of drug-likeness (QED) is 0.651. The van der Waals surface area contributed by atoms with Gasteiger partial charge in [0.15, 0.2) is 0 Å². The van der Waals surface area contributed by atoms with Crippen LogP contribution in [0.2, 0.25) is 0 Å². The van der Waals surface area contributed by atoms with Gasteiger partial charge >= 0.3 is 0 Å². The van der Waals surface area contributed by atoms with Crippen molar-refractivity contribution in [3.63, 3.8) is 0 Å². The van der Waals surface area contributed by atoms with Crippen molar-refractivity contribution in [1.82, 2.24) is 0 Å². The van der Waals surface area contributed by atoms with Gasteiger partial charge in [0.25, 0.3) is 0 Å². The maximum absolute atomic E-state index is 5.69. The summed E-state index contributed by atoms with van der Waals surface area (Å²) in [4.78, 5) is 0. The third kappa shape index (κ3) is 4.56. The summed E-state index contributed by atoms with van der Waals surface area (Å²) in [6.45, 7) is 3.01. The van der Waals surface area contributed by atoms with E-state index in [4.69, 9.17) is 4.74 Å². The van der Waals surface area contributed by atoms with E-state index in [-0.39, 0.29) is 0 Å².